The zero-order valence-corrected chi connectivity index (χ0v) is 15.4. The molecule has 5 nitrogen and oxygen atoms in total. The highest BCUT2D eigenvalue weighted by atomic mass is 16.1. The summed E-state index contributed by atoms with van der Waals surface area (Å²) in [5, 5.41) is 9.71. The Kier molecular flexibility index (Phi) is 4.51. The van der Waals surface area contributed by atoms with Crippen molar-refractivity contribution in [1.82, 2.24) is 14.9 Å². The lowest BCUT2D eigenvalue weighted by molar-refractivity contribution is 0.277. The lowest BCUT2D eigenvalue weighted by Gasteiger charge is -2.33. The zero-order valence-electron chi connectivity index (χ0n) is 15.4. The number of nitrogens with zero attached hydrogens (tertiary/aromatic N) is 3. The van der Waals surface area contributed by atoms with Crippen LogP contribution >= 0.6 is 0 Å². The van der Waals surface area contributed by atoms with Crippen molar-refractivity contribution in [3.8, 4) is 6.07 Å². The Balaban J connectivity index is 1.50. The highest BCUT2D eigenvalue weighted by Crippen LogP contribution is 2.38. The molecule has 0 spiro atoms. The molecule has 2 aliphatic rings. The average Bonchev–Trinajstić information content (AvgIpc) is 2.70. The Labute approximate surface area is 158 Å². The van der Waals surface area contributed by atoms with Gasteiger partial charge in [0, 0.05) is 31.4 Å². The first-order valence-electron chi connectivity index (χ1n) is 9.26. The molecule has 0 bridgehead atoms. The number of nitrogens with one attached hydrogen (secondary N) is 1. The van der Waals surface area contributed by atoms with E-state index >= 15 is 0 Å². The molecule has 0 fully saturated rings. The van der Waals surface area contributed by atoms with E-state index in [0.717, 1.165) is 49.1 Å². The lowest BCUT2D eigenvalue weighted by Crippen LogP contribution is -2.32. The van der Waals surface area contributed by atoms with E-state index < -0.39 is 5.41 Å². The molecule has 1 atom stereocenters. The van der Waals surface area contributed by atoms with Crippen LogP contribution in [0.2, 0.25) is 0 Å². The van der Waals surface area contributed by atoms with Gasteiger partial charge in [-0.3, -0.25) is 14.7 Å². The number of pyridine rings is 2. The van der Waals surface area contributed by atoms with Crippen molar-refractivity contribution in [3.63, 3.8) is 0 Å². The van der Waals surface area contributed by atoms with E-state index in [1.165, 1.54) is 5.57 Å². The van der Waals surface area contributed by atoms with Gasteiger partial charge in [-0.05, 0) is 43.0 Å². The zero-order chi connectivity index (χ0) is 18.9. The maximum absolute atomic E-state index is 11.8. The molecule has 1 N–H and O–H groups in total. The molecule has 1 aliphatic carbocycles. The molecular weight excluding hydrogens is 336 g/mol. The van der Waals surface area contributed by atoms with E-state index in [1.807, 2.05) is 36.6 Å². The Morgan fingerprint density at radius 1 is 1.37 bits per heavy atom. The van der Waals surface area contributed by atoms with Gasteiger partial charge < -0.3 is 4.98 Å². The Morgan fingerprint density at radius 2 is 2.26 bits per heavy atom. The third kappa shape index (κ3) is 3.36. The van der Waals surface area contributed by atoms with Gasteiger partial charge in [-0.25, -0.2) is 0 Å². The van der Waals surface area contributed by atoms with Crippen LogP contribution in [0.5, 0.6) is 0 Å². The van der Waals surface area contributed by atoms with Gasteiger partial charge in [0.15, 0.2) is 0 Å². The third-order valence-electron chi connectivity index (χ3n) is 5.47. The molecule has 0 amide bonds. The van der Waals surface area contributed by atoms with Crippen molar-refractivity contribution in [1.29, 1.82) is 5.26 Å². The van der Waals surface area contributed by atoms with Gasteiger partial charge in [-0.15, -0.1) is 0 Å². The van der Waals surface area contributed by atoms with E-state index in [0.29, 0.717) is 5.56 Å². The highest BCUT2D eigenvalue weighted by molar-refractivity contribution is 5.74. The van der Waals surface area contributed by atoms with Gasteiger partial charge in [0.2, 0.25) is 0 Å². The fourth-order valence-corrected chi connectivity index (χ4v) is 3.84. The normalized spacial score (nSPS) is 22.6. The van der Waals surface area contributed by atoms with E-state index in [-0.39, 0.29) is 5.56 Å². The van der Waals surface area contributed by atoms with Gasteiger partial charge >= 0.3 is 0 Å². The predicted octanol–water partition coefficient (Wildman–Crippen LogP) is 3.39. The highest BCUT2D eigenvalue weighted by Gasteiger charge is 2.32. The topological polar surface area (TPSA) is 72.8 Å². The van der Waals surface area contributed by atoms with Crippen molar-refractivity contribution < 1.29 is 0 Å². The first-order valence-corrected chi connectivity index (χ1v) is 9.26. The summed E-state index contributed by atoms with van der Waals surface area (Å²) in [4.78, 5) is 21.6. The molecule has 1 unspecified atom stereocenters. The first kappa shape index (κ1) is 17.4. The summed E-state index contributed by atoms with van der Waals surface area (Å²) in [6.07, 6.45) is 13.8. The minimum atomic E-state index is -0.470. The first-order chi connectivity index (χ1) is 13.1. The quantitative estimate of drug-likeness (QED) is 0.854. The van der Waals surface area contributed by atoms with Gasteiger partial charge in [-0.1, -0.05) is 30.4 Å². The molecule has 0 aromatic carbocycles. The summed E-state index contributed by atoms with van der Waals surface area (Å²) in [7, 11) is 0. The van der Waals surface area contributed by atoms with Crippen molar-refractivity contribution in [2.45, 2.75) is 26.3 Å². The van der Waals surface area contributed by atoms with Crippen molar-refractivity contribution in [2.75, 3.05) is 13.1 Å². The minimum absolute atomic E-state index is 0.0663. The number of aromatic amines is 1. The molecule has 0 saturated heterocycles. The van der Waals surface area contributed by atoms with Crippen molar-refractivity contribution >= 4 is 11.0 Å². The number of hydrogen-bond donors (Lipinski definition) is 1. The molecule has 5 heteroatoms. The maximum atomic E-state index is 11.8. The molecular formula is C22H22N4O. The molecule has 3 heterocycles. The Hall–Kier alpha value is -2.97. The molecule has 27 heavy (non-hydrogen) atoms. The largest absolute Gasteiger partial charge is 0.320 e. The van der Waals surface area contributed by atoms with E-state index in [1.54, 1.807) is 6.92 Å². The summed E-state index contributed by atoms with van der Waals surface area (Å²) in [5.74, 6) is 0. The van der Waals surface area contributed by atoms with Crippen LogP contribution in [0.4, 0.5) is 0 Å². The van der Waals surface area contributed by atoms with Crippen LogP contribution in [0.3, 0.4) is 0 Å². The van der Waals surface area contributed by atoms with E-state index in [9.17, 15) is 10.1 Å². The van der Waals surface area contributed by atoms with Crippen LogP contribution in [0.25, 0.3) is 11.0 Å². The van der Waals surface area contributed by atoms with Gasteiger partial charge in [0.05, 0.1) is 17.1 Å². The predicted molar refractivity (Wildman–Crippen MR) is 106 cm³/mol. The molecule has 136 valence electrons. The number of allylic oxidation sites excluding steroid dienone is 4. The summed E-state index contributed by atoms with van der Waals surface area (Å²) < 4.78 is 0. The summed E-state index contributed by atoms with van der Waals surface area (Å²) in [6, 6.07) is 6.34. The fourth-order valence-electron chi connectivity index (χ4n) is 3.84. The Bertz CT molecular complexity index is 1070. The SMILES string of the molecule is Cc1cc2ncc(CN3CC=C(C4(C#N)C=CC=CC4)CC3)cc2[nH]c1=O. The van der Waals surface area contributed by atoms with Crippen LogP contribution in [0.1, 0.15) is 24.0 Å². The van der Waals surface area contributed by atoms with Crippen LogP contribution < -0.4 is 5.56 Å². The number of nitriles is 1. The number of rotatable bonds is 3. The number of aromatic nitrogens is 2. The molecule has 4 rings (SSSR count). The summed E-state index contributed by atoms with van der Waals surface area (Å²) in [5.41, 5.74) is 4.03. The number of fused-ring (bicyclic) bond motifs is 1. The molecule has 2 aromatic rings. The van der Waals surface area contributed by atoms with E-state index in [2.05, 4.69) is 33.1 Å². The number of H-pyrrole nitrogens is 1. The lowest BCUT2D eigenvalue weighted by atomic mass is 9.74. The summed E-state index contributed by atoms with van der Waals surface area (Å²) >= 11 is 0. The van der Waals surface area contributed by atoms with Gasteiger partial charge in [0.25, 0.3) is 5.56 Å². The second-order valence-corrected chi connectivity index (χ2v) is 7.35. The van der Waals surface area contributed by atoms with Crippen LogP contribution in [0.15, 0.2) is 59.1 Å². The minimum Gasteiger partial charge on any atom is -0.320 e. The standard InChI is InChI=1S/C22H22N4O/c1-16-11-19-20(25-21(16)27)12-17(13-24-19)14-26-9-5-18(6-10-26)22(15-23)7-3-2-4-8-22/h2-5,7,11-13H,6,8-10,14H2,1H3,(H,25,27). The third-order valence-corrected chi connectivity index (χ3v) is 5.47. The Morgan fingerprint density at radius 3 is 2.96 bits per heavy atom. The second kappa shape index (κ2) is 6.98. The van der Waals surface area contributed by atoms with Crippen LogP contribution in [0, 0.1) is 23.7 Å². The molecule has 0 radical (unpaired) electrons. The van der Waals surface area contributed by atoms with Crippen molar-refractivity contribution in [3.05, 3.63) is 75.8 Å². The van der Waals surface area contributed by atoms with Crippen molar-refractivity contribution in [2.24, 2.45) is 5.41 Å². The van der Waals surface area contributed by atoms with Crippen LogP contribution in [-0.4, -0.2) is 28.0 Å². The average molecular weight is 358 g/mol. The van der Waals surface area contributed by atoms with Crippen LogP contribution in [-0.2, 0) is 6.54 Å². The maximum Gasteiger partial charge on any atom is 0.251 e. The summed E-state index contributed by atoms with van der Waals surface area (Å²) in [6.45, 7) is 4.29. The fraction of sp³-hybridized carbons (Fsp3) is 0.318. The monoisotopic (exact) mass is 358 g/mol. The molecule has 0 saturated carbocycles. The smallest absolute Gasteiger partial charge is 0.251 e. The molecule has 2 aromatic heterocycles. The number of aryl methyl sites for hydroxylation is 1. The van der Waals surface area contributed by atoms with Gasteiger partial charge in [-0.2, -0.15) is 5.26 Å². The van der Waals surface area contributed by atoms with Gasteiger partial charge in [0.1, 0.15) is 5.41 Å². The number of hydrogen-bond acceptors (Lipinski definition) is 4. The second-order valence-electron chi connectivity index (χ2n) is 7.35. The molecule has 1 aliphatic heterocycles. The van der Waals surface area contributed by atoms with E-state index in [4.69, 9.17) is 0 Å².